The molecular weight excluding hydrogens is 220 g/mol. The van der Waals surface area contributed by atoms with Crippen molar-refractivity contribution in [2.45, 2.75) is 58.0 Å². The number of fused-ring (bicyclic) bond motifs is 1. The van der Waals surface area contributed by atoms with E-state index in [2.05, 4.69) is 25.7 Å². The van der Waals surface area contributed by atoms with E-state index >= 15 is 0 Å². The van der Waals surface area contributed by atoms with Gasteiger partial charge in [0.2, 0.25) is 0 Å². The average molecular weight is 247 g/mol. The fourth-order valence-corrected chi connectivity index (χ4v) is 3.60. The Hall–Kier alpha value is 0.210. The lowest BCUT2D eigenvalue weighted by Crippen LogP contribution is -2.48. The maximum atomic E-state index is 6.14. The molecule has 3 heteroatoms. The van der Waals surface area contributed by atoms with Gasteiger partial charge in [-0.15, -0.1) is 12.4 Å². The van der Waals surface area contributed by atoms with Crippen LogP contribution in [0.25, 0.3) is 0 Å². The Morgan fingerprint density at radius 3 is 2.50 bits per heavy atom. The lowest BCUT2D eigenvalue weighted by molar-refractivity contribution is 0.156. The molecule has 1 heterocycles. The monoisotopic (exact) mass is 246 g/mol. The molecule has 0 aromatic carbocycles. The number of nitrogens with two attached hydrogens (primary N) is 1. The summed E-state index contributed by atoms with van der Waals surface area (Å²) in [6.07, 6.45) is 5.74. The molecule has 0 aromatic heterocycles. The Morgan fingerprint density at radius 2 is 1.88 bits per heavy atom. The van der Waals surface area contributed by atoms with Crippen molar-refractivity contribution in [1.29, 1.82) is 0 Å². The number of rotatable bonds is 2. The first-order chi connectivity index (χ1) is 6.97. The molecule has 2 aliphatic rings. The van der Waals surface area contributed by atoms with Gasteiger partial charge in [-0.25, -0.2) is 0 Å². The molecule has 0 spiro atoms. The summed E-state index contributed by atoms with van der Waals surface area (Å²) >= 11 is 0. The highest BCUT2D eigenvalue weighted by Gasteiger charge is 2.41. The molecule has 0 amide bonds. The Labute approximate surface area is 106 Å². The molecule has 1 aliphatic carbocycles. The van der Waals surface area contributed by atoms with Crippen LogP contribution in [0.3, 0.4) is 0 Å². The summed E-state index contributed by atoms with van der Waals surface area (Å²) < 4.78 is 0. The lowest BCUT2D eigenvalue weighted by Gasteiger charge is -2.35. The van der Waals surface area contributed by atoms with E-state index < -0.39 is 0 Å². The fourth-order valence-electron chi connectivity index (χ4n) is 3.60. The van der Waals surface area contributed by atoms with E-state index in [0.29, 0.717) is 0 Å². The molecule has 1 saturated carbocycles. The van der Waals surface area contributed by atoms with Gasteiger partial charge in [-0.2, -0.15) is 0 Å². The summed E-state index contributed by atoms with van der Waals surface area (Å²) in [6.45, 7) is 9.06. The van der Waals surface area contributed by atoms with Crippen molar-refractivity contribution in [2.75, 3.05) is 13.1 Å². The molecule has 3 atom stereocenters. The molecule has 1 aliphatic heterocycles. The van der Waals surface area contributed by atoms with E-state index in [1.54, 1.807) is 0 Å². The number of halogens is 1. The van der Waals surface area contributed by atoms with E-state index in [4.69, 9.17) is 5.73 Å². The van der Waals surface area contributed by atoms with E-state index in [1.165, 1.54) is 32.2 Å². The van der Waals surface area contributed by atoms with Gasteiger partial charge in [0.05, 0.1) is 0 Å². The fraction of sp³-hybridized carbons (Fsp3) is 1.00. The van der Waals surface area contributed by atoms with Gasteiger partial charge in [0.25, 0.3) is 0 Å². The second kappa shape index (κ2) is 5.24. The molecule has 3 unspecified atom stereocenters. The third kappa shape index (κ3) is 3.12. The van der Waals surface area contributed by atoms with Crippen molar-refractivity contribution in [2.24, 2.45) is 17.6 Å². The molecule has 0 radical (unpaired) electrons. The first-order valence-electron chi connectivity index (χ1n) is 6.50. The maximum absolute atomic E-state index is 6.14. The van der Waals surface area contributed by atoms with Gasteiger partial charge in [0.15, 0.2) is 0 Å². The van der Waals surface area contributed by atoms with Crippen LogP contribution in [0.5, 0.6) is 0 Å². The number of nitrogens with zero attached hydrogens (tertiary/aromatic N) is 1. The summed E-state index contributed by atoms with van der Waals surface area (Å²) in [4.78, 5) is 2.66. The van der Waals surface area contributed by atoms with E-state index in [-0.39, 0.29) is 17.9 Å². The summed E-state index contributed by atoms with van der Waals surface area (Å²) in [5.74, 6) is 1.85. The zero-order valence-corrected chi connectivity index (χ0v) is 11.7. The van der Waals surface area contributed by atoms with Crippen molar-refractivity contribution in [3.05, 3.63) is 0 Å². The van der Waals surface area contributed by atoms with Crippen LogP contribution in [-0.2, 0) is 0 Å². The van der Waals surface area contributed by atoms with Crippen LogP contribution in [0.4, 0.5) is 0 Å². The minimum atomic E-state index is -0.0357. The molecule has 16 heavy (non-hydrogen) atoms. The van der Waals surface area contributed by atoms with Crippen molar-refractivity contribution >= 4 is 12.4 Å². The predicted octanol–water partition coefficient (Wildman–Crippen LogP) is 2.66. The maximum Gasteiger partial charge on any atom is 0.0226 e. The van der Waals surface area contributed by atoms with Crippen LogP contribution in [-0.4, -0.2) is 29.6 Å². The minimum absolute atomic E-state index is 0. The smallest absolute Gasteiger partial charge is 0.0226 e. The standard InChI is InChI=1S/C13H26N2.ClH/c1-10-8-15(9-13(2,3)14)12-7-5-4-6-11(10)12;/h10-12H,4-9,14H2,1-3H3;1H. The van der Waals surface area contributed by atoms with E-state index in [9.17, 15) is 0 Å². The van der Waals surface area contributed by atoms with Crippen molar-refractivity contribution in [1.82, 2.24) is 4.90 Å². The molecule has 0 aromatic rings. The van der Waals surface area contributed by atoms with Crippen molar-refractivity contribution in [3.63, 3.8) is 0 Å². The van der Waals surface area contributed by atoms with Crippen LogP contribution in [0, 0.1) is 11.8 Å². The molecule has 2 fully saturated rings. The average Bonchev–Trinajstić information content (AvgIpc) is 2.42. The molecule has 2 rings (SSSR count). The molecule has 2 N–H and O–H groups in total. The third-order valence-corrected chi connectivity index (χ3v) is 4.11. The number of hydrogen-bond donors (Lipinski definition) is 1. The highest BCUT2D eigenvalue weighted by molar-refractivity contribution is 5.85. The molecule has 1 saturated heterocycles. The molecule has 2 nitrogen and oxygen atoms in total. The number of likely N-dealkylation sites (tertiary alicyclic amines) is 1. The highest BCUT2D eigenvalue weighted by atomic mass is 35.5. The first-order valence-corrected chi connectivity index (χ1v) is 6.50. The van der Waals surface area contributed by atoms with Gasteiger partial charge >= 0.3 is 0 Å². The van der Waals surface area contributed by atoms with Crippen LogP contribution >= 0.6 is 12.4 Å². The summed E-state index contributed by atoms with van der Waals surface area (Å²) in [7, 11) is 0. The Kier molecular flexibility index (Phi) is 4.67. The van der Waals surface area contributed by atoms with Crippen molar-refractivity contribution < 1.29 is 0 Å². The lowest BCUT2D eigenvalue weighted by atomic mass is 9.80. The van der Waals surface area contributed by atoms with Crippen LogP contribution in [0.2, 0.25) is 0 Å². The van der Waals surface area contributed by atoms with Crippen LogP contribution < -0.4 is 5.73 Å². The van der Waals surface area contributed by atoms with Gasteiger partial charge in [-0.1, -0.05) is 19.8 Å². The first kappa shape index (κ1) is 14.3. The Morgan fingerprint density at radius 1 is 1.25 bits per heavy atom. The summed E-state index contributed by atoms with van der Waals surface area (Å²) in [6, 6.07) is 0.844. The molecular formula is C13H27ClN2. The van der Waals surface area contributed by atoms with Crippen LogP contribution in [0.15, 0.2) is 0 Å². The SMILES string of the molecule is CC1CN(CC(C)(C)N)C2CCCCC12.Cl. The normalized spacial score (nSPS) is 35.6. The van der Waals surface area contributed by atoms with Crippen molar-refractivity contribution in [3.8, 4) is 0 Å². The minimum Gasteiger partial charge on any atom is -0.324 e. The van der Waals surface area contributed by atoms with E-state index in [0.717, 1.165) is 24.4 Å². The summed E-state index contributed by atoms with van der Waals surface area (Å²) in [5.41, 5.74) is 6.11. The van der Waals surface area contributed by atoms with Gasteiger partial charge in [-0.05, 0) is 38.5 Å². The second-order valence-corrected chi connectivity index (χ2v) is 6.41. The Balaban J connectivity index is 0.00000128. The van der Waals surface area contributed by atoms with Crippen LogP contribution in [0.1, 0.15) is 46.5 Å². The molecule has 0 bridgehead atoms. The largest absolute Gasteiger partial charge is 0.324 e. The van der Waals surface area contributed by atoms with Gasteiger partial charge in [-0.3, -0.25) is 4.90 Å². The van der Waals surface area contributed by atoms with Gasteiger partial charge in [0, 0.05) is 24.7 Å². The quantitative estimate of drug-likeness (QED) is 0.812. The Bertz CT molecular complexity index is 224. The second-order valence-electron chi connectivity index (χ2n) is 6.41. The zero-order chi connectivity index (χ0) is 11.1. The van der Waals surface area contributed by atoms with Gasteiger partial charge < -0.3 is 5.73 Å². The van der Waals surface area contributed by atoms with Gasteiger partial charge in [0.1, 0.15) is 0 Å². The number of hydrogen-bond acceptors (Lipinski definition) is 2. The highest BCUT2D eigenvalue weighted by Crippen LogP contribution is 2.39. The predicted molar refractivity (Wildman–Crippen MR) is 72.0 cm³/mol. The van der Waals surface area contributed by atoms with E-state index in [1.807, 2.05) is 0 Å². The third-order valence-electron chi connectivity index (χ3n) is 4.11. The zero-order valence-electron chi connectivity index (χ0n) is 10.9. The topological polar surface area (TPSA) is 29.3 Å². The summed E-state index contributed by atoms with van der Waals surface area (Å²) in [5, 5.41) is 0. The molecule has 96 valence electrons.